The number of nitrogens with zero attached hydrogens (tertiary/aromatic N) is 1. The van der Waals surface area contributed by atoms with Crippen molar-refractivity contribution in [2.45, 2.75) is 18.9 Å². The minimum atomic E-state index is -0.278. The van der Waals surface area contributed by atoms with E-state index >= 15 is 0 Å². The number of aryl methyl sites for hydroxylation is 1. The minimum absolute atomic E-state index is 0.00186. The summed E-state index contributed by atoms with van der Waals surface area (Å²) < 4.78 is 6.98. The number of aromatic nitrogens is 1. The van der Waals surface area contributed by atoms with Crippen LogP contribution in [0.15, 0.2) is 22.8 Å². The molecule has 0 radical (unpaired) electrons. The highest BCUT2D eigenvalue weighted by Gasteiger charge is 2.23. The van der Waals surface area contributed by atoms with Gasteiger partial charge in [-0.2, -0.15) is 0 Å². The maximum absolute atomic E-state index is 12.0. The molecular weight excluding hydrogens is 246 g/mol. The number of carbonyl (C=O) groups excluding carboxylic acids is 2. The lowest BCUT2D eigenvalue weighted by Gasteiger charge is -2.06. The number of hydrogen-bond acceptors (Lipinski definition) is 3. The number of nitrogens with one attached hydrogen (secondary N) is 2. The minimum Gasteiger partial charge on any atom is -0.463 e. The van der Waals surface area contributed by atoms with Gasteiger partial charge in [-0.3, -0.25) is 9.59 Å². The first-order valence-electron chi connectivity index (χ1n) is 6.25. The second-order valence-electron chi connectivity index (χ2n) is 4.78. The van der Waals surface area contributed by atoms with Crippen molar-refractivity contribution in [1.29, 1.82) is 0 Å². The zero-order valence-corrected chi connectivity index (χ0v) is 10.6. The Hall–Kier alpha value is -2.24. The van der Waals surface area contributed by atoms with Gasteiger partial charge < -0.3 is 19.6 Å². The number of hydrogen-bond donors (Lipinski definition) is 2. The van der Waals surface area contributed by atoms with Crippen LogP contribution < -0.4 is 10.6 Å². The normalized spacial score (nSPS) is 14.6. The van der Waals surface area contributed by atoms with Gasteiger partial charge >= 0.3 is 0 Å². The van der Waals surface area contributed by atoms with Crippen LogP contribution in [0.4, 0.5) is 0 Å². The third-order valence-electron chi connectivity index (χ3n) is 3.25. The van der Waals surface area contributed by atoms with Crippen molar-refractivity contribution in [3.63, 3.8) is 0 Å². The molecule has 2 heterocycles. The molecule has 2 aromatic rings. The highest BCUT2D eigenvalue weighted by molar-refractivity contribution is 5.99. The molecule has 0 bridgehead atoms. The van der Waals surface area contributed by atoms with Crippen LogP contribution in [0.1, 0.15) is 23.3 Å². The van der Waals surface area contributed by atoms with Gasteiger partial charge in [0.05, 0.1) is 18.3 Å². The third-order valence-corrected chi connectivity index (χ3v) is 3.25. The Morgan fingerprint density at radius 2 is 2.26 bits per heavy atom. The van der Waals surface area contributed by atoms with Crippen LogP contribution in [0.3, 0.4) is 0 Å². The number of rotatable bonds is 4. The highest BCUT2D eigenvalue weighted by atomic mass is 16.3. The van der Waals surface area contributed by atoms with E-state index in [1.807, 2.05) is 0 Å². The average molecular weight is 261 g/mol. The predicted molar refractivity (Wildman–Crippen MR) is 68.7 cm³/mol. The van der Waals surface area contributed by atoms with Crippen LogP contribution in [0, 0.1) is 0 Å². The van der Waals surface area contributed by atoms with Gasteiger partial charge in [0, 0.05) is 25.2 Å². The summed E-state index contributed by atoms with van der Waals surface area (Å²) in [5.74, 6) is -0.423. The smallest absolute Gasteiger partial charge is 0.268 e. The van der Waals surface area contributed by atoms with Crippen molar-refractivity contribution < 1.29 is 14.0 Å². The number of carbonyl (C=O) groups is 2. The summed E-state index contributed by atoms with van der Waals surface area (Å²) in [6, 6.07) is 3.77. The molecule has 100 valence electrons. The molecule has 6 nitrogen and oxygen atoms in total. The maximum atomic E-state index is 12.0. The average Bonchev–Trinajstić information content (AvgIpc) is 2.97. The molecule has 0 unspecified atom stereocenters. The molecule has 1 aliphatic carbocycles. The zero-order valence-electron chi connectivity index (χ0n) is 10.6. The Labute approximate surface area is 109 Å². The molecule has 1 aliphatic rings. The topological polar surface area (TPSA) is 76.3 Å². The van der Waals surface area contributed by atoms with Crippen LogP contribution in [0.2, 0.25) is 0 Å². The van der Waals surface area contributed by atoms with E-state index in [2.05, 4.69) is 10.6 Å². The van der Waals surface area contributed by atoms with E-state index in [1.54, 1.807) is 30.0 Å². The molecule has 0 saturated heterocycles. The fourth-order valence-electron chi connectivity index (χ4n) is 2.03. The summed E-state index contributed by atoms with van der Waals surface area (Å²) in [4.78, 5) is 23.5. The van der Waals surface area contributed by atoms with E-state index in [1.165, 1.54) is 0 Å². The van der Waals surface area contributed by atoms with E-state index in [9.17, 15) is 9.59 Å². The van der Waals surface area contributed by atoms with Gasteiger partial charge in [0.15, 0.2) is 5.58 Å². The van der Waals surface area contributed by atoms with Crippen LogP contribution >= 0.6 is 0 Å². The molecule has 2 N–H and O–H groups in total. The monoisotopic (exact) mass is 261 g/mol. The van der Waals surface area contributed by atoms with Crippen molar-refractivity contribution >= 4 is 22.9 Å². The van der Waals surface area contributed by atoms with Crippen molar-refractivity contribution in [3.05, 3.63) is 24.1 Å². The van der Waals surface area contributed by atoms with Gasteiger partial charge in [-0.1, -0.05) is 0 Å². The summed E-state index contributed by atoms with van der Waals surface area (Å²) in [5, 5.41) is 5.43. The van der Waals surface area contributed by atoms with Crippen LogP contribution in [-0.4, -0.2) is 29.0 Å². The van der Waals surface area contributed by atoms with Gasteiger partial charge in [0.2, 0.25) is 5.91 Å². The molecule has 1 saturated carbocycles. The number of fused-ring (bicyclic) bond motifs is 1. The Kier molecular flexibility index (Phi) is 2.77. The predicted octanol–water partition coefficient (Wildman–Crippen LogP) is 0.780. The number of amides is 2. The van der Waals surface area contributed by atoms with Gasteiger partial charge in [0.25, 0.3) is 5.91 Å². The first-order valence-corrected chi connectivity index (χ1v) is 6.25. The molecule has 6 heteroatoms. The van der Waals surface area contributed by atoms with E-state index in [0.29, 0.717) is 17.3 Å². The number of furan rings is 1. The van der Waals surface area contributed by atoms with Gasteiger partial charge in [-0.05, 0) is 12.8 Å². The molecule has 2 amide bonds. The lowest BCUT2D eigenvalue weighted by molar-refractivity contribution is -0.120. The highest BCUT2D eigenvalue weighted by Crippen LogP contribution is 2.19. The van der Waals surface area contributed by atoms with Crippen LogP contribution in [0.25, 0.3) is 11.1 Å². The van der Waals surface area contributed by atoms with Crippen LogP contribution in [-0.2, 0) is 11.8 Å². The van der Waals surface area contributed by atoms with E-state index in [0.717, 1.165) is 18.4 Å². The third kappa shape index (κ3) is 2.33. The molecule has 19 heavy (non-hydrogen) atoms. The molecular formula is C13H15N3O3. The summed E-state index contributed by atoms with van der Waals surface area (Å²) in [7, 11) is 1.79. The largest absolute Gasteiger partial charge is 0.463 e. The zero-order chi connectivity index (χ0) is 13.4. The van der Waals surface area contributed by atoms with Crippen molar-refractivity contribution in [2.75, 3.05) is 6.54 Å². The Bertz CT molecular complexity index is 637. The maximum Gasteiger partial charge on any atom is 0.268 e. The standard InChI is InChI=1S/C13H15N3O3/c1-16-9-4-5-19-11(9)6-10(16)13(18)14-7-12(17)15-8-2-3-8/h4-6,8H,2-3,7H2,1H3,(H,14,18)(H,15,17). The Morgan fingerprint density at radius 3 is 2.95 bits per heavy atom. The Balaban J connectivity index is 1.64. The second kappa shape index (κ2) is 4.46. The lowest BCUT2D eigenvalue weighted by atomic mass is 10.4. The second-order valence-corrected chi connectivity index (χ2v) is 4.78. The fraction of sp³-hybridized carbons (Fsp3) is 0.385. The van der Waals surface area contributed by atoms with E-state index in [4.69, 9.17) is 4.42 Å². The van der Waals surface area contributed by atoms with E-state index in [-0.39, 0.29) is 18.4 Å². The molecule has 2 aromatic heterocycles. The summed E-state index contributed by atoms with van der Waals surface area (Å²) in [6.07, 6.45) is 3.65. The van der Waals surface area contributed by atoms with Crippen molar-refractivity contribution in [1.82, 2.24) is 15.2 Å². The summed E-state index contributed by atoms with van der Waals surface area (Å²) >= 11 is 0. The first-order chi connectivity index (χ1) is 9.15. The SMILES string of the molecule is Cn1c(C(=O)NCC(=O)NC2CC2)cc2occc21. The molecule has 0 aliphatic heterocycles. The van der Waals surface area contributed by atoms with Gasteiger partial charge in [0.1, 0.15) is 5.69 Å². The molecule has 3 rings (SSSR count). The molecule has 0 atom stereocenters. The van der Waals surface area contributed by atoms with Crippen molar-refractivity contribution in [3.8, 4) is 0 Å². The summed E-state index contributed by atoms with van der Waals surface area (Å²) in [5.41, 5.74) is 2.00. The fourth-order valence-corrected chi connectivity index (χ4v) is 2.03. The molecule has 0 spiro atoms. The van der Waals surface area contributed by atoms with Crippen LogP contribution in [0.5, 0.6) is 0 Å². The quantitative estimate of drug-likeness (QED) is 0.854. The van der Waals surface area contributed by atoms with Crippen molar-refractivity contribution in [2.24, 2.45) is 7.05 Å². The molecule has 1 fully saturated rings. The first kappa shape index (κ1) is 11.8. The van der Waals surface area contributed by atoms with E-state index < -0.39 is 0 Å². The van der Waals surface area contributed by atoms with Gasteiger partial charge in [-0.15, -0.1) is 0 Å². The summed E-state index contributed by atoms with van der Waals surface area (Å²) in [6.45, 7) is 0.00186. The van der Waals surface area contributed by atoms with Gasteiger partial charge in [-0.25, -0.2) is 0 Å². The molecule has 0 aromatic carbocycles. The lowest BCUT2D eigenvalue weighted by Crippen LogP contribution is -2.38. The Morgan fingerprint density at radius 1 is 1.47 bits per heavy atom.